The Morgan fingerprint density at radius 2 is 2.38 bits per heavy atom. The van der Waals surface area contributed by atoms with Crippen LogP contribution >= 0.6 is 11.8 Å². The van der Waals surface area contributed by atoms with E-state index in [4.69, 9.17) is 5.73 Å². The van der Waals surface area contributed by atoms with Gasteiger partial charge in [0.25, 0.3) is 0 Å². The van der Waals surface area contributed by atoms with E-state index in [-0.39, 0.29) is 0 Å². The molecule has 1 aliphatic rings. The summed E-state index contributed by atoms with van der Waals surface area (Å²) in [5, 5.41) is 0.804. The lowest BCUT2D eigenvalue weighted by atomic mass is 10.1. The molecule has 0 bridgehead atoms. The Morgan fingerprint density at radius 3 is 2.75 bits per heavy atom. The molecular formula is C6H13NS. The van der Waals surface area contributed by atoms with Crippen LogP contribution in [0.3, 0.4) is 0 Å². The maximum Gasteiger partial charge on any atom is 0.00571 e. The second-order valence-corrected chi connectivity index (χ2v) is 4.01. The molecule has 1 aliphatic heterocycles. The van der Waals surface area contributed by atoms with Crippen molar-refractivity contribution in [3.8, 4) is 0 Å². The summed E-state index contributed by atoms with van der Waals surface area (Å²) in [6.45, 7) is 2.25. The van der Waals surface area contributed by atoms with Crippen molar-refractivity contribution in [3.05, 3.63) is 0 Å². The minimum absolute atomic E-state index is 0.492. The van der Waals surface area contributed by atoms with Gasteiger partial charge in [-0.05, 0) is 18.6 Å². The second-order valence-electron chi connectivity index (χ2n) is 2.47. The summed E-state index contributed by atoms with van der Waals surface area (Å²) in [7, 11) is 0. The minimum atomic E-state index is 0.492. The zero-order valence-corrected chi connectivity index (χ0v) is 6.08. The maximum absolute atomic E-state index is 5.71. The van der Waals surface area contributed by atoms with E-state index in [0.717, 1.165) is 5.25 Å². The van der Waals surface area contributed by atoms with E-state index in [1.165, 1.54) is 18.6 Å². The first-order valence-corrected chi connectivity index (χ1v) is 4.21. The van der Waals surface area contributed by atoms with Gasteiger partial charge < -0.3 is 5.73 Å². The highest BCUT2D eigenvalue weighted by Crippen LogP contribution is 2.23. The average molecular weight is 131 g/mol. The Hall–Kier alpha value is 0.310. The lowest BCUT2D eigenvalue weighted by molar-refractivity contribution is 0.581. The molecule has 0 radical (unpaired) electrons. The Balaban J connectivity index is 2.23. The van der Waals surface area contributed by atoms with Crippen LogP contribution in [-0.4, -0.2) is 17.0 Å². The molecule has 0 spiro atoms. The third-order valence-corrected chi connectivity index (χ3v) is 2.76. The lowest BCUT2D eigenvalue weighted by Gasteiger charge is -2.22. The van der Waals surface area contributed by atoms with Crippen molar-refractivity contribution >= 4 is 11.8 Å². The Bertz CT molecular complexity index is 66.9. The Morgan fingerprint density at radius 1 is 1.62 bits per heavy atom. The van der Waals surface area contributed by atoms with E-state index in [0.29, 0.717) is 6.04 Å². The van der Waals surface area contributed by atoms with E-state index in [1.807, 2.05) is 11.8 Å². The molecule has 2 atom stereocenters. The Labute approximate surface area is 55.0 Å². The van der Waals surface area contributed by atoms with Crippen LogP contribution < -0.4 is 5.73 Å². The highest BCUT2D eigenvalue weighted by atomic mass is 32.2. The van der Waals surface area contributed by atoms with E-state index < -0.39 is 0 Å². The summed E-state index contributed by atoms with van der Waals surface area (Å²) < 4.78 is 0. The van der Waals surface area contributed by atoms with Crippen LogP contribution in [0.15, 0.2) is 0 Å². The molecule has 48 valence electrons. The van der Waals surface area contributed by atoms with Crippen molar-refractivity contribution in [2.45, 2.75) is 31.1 Å². The number of nitrogens with two attached hydrogens (primary N) is 1. The molecule has 0 aliphatic carbocycles. The van der Waals surface area contributed by atoms with Gasteiger partial charge in [-0.15, -0.1) is 0 Å². The first-order chi connectivity index (χ1) is 3.79. The van der Waals surface area contributed by atoms with E-state index in [9.17, 15) is 0 Å². The fourth-order valence-electron chi connectivity index (χ4n) is 1.03. The molecule has 0 aromatic carbocycles. The molecule has 0 aromatic rings. The molecule has 1 fully saturated rings. The van der Waals surface area contributed by atoms with Crippen LogP contribution in [0, 0.1) is 0 Å². The number of thioether (sulfide) groups is 1. The zero-order valence-electron chi connectivity index (χ0n) is 5.26. The molecule has 8 heavy (non-hydrogen) atoms. The minimum Gasteiger partial charge on any atom is -0.328 e. The molecule has 1 heterocycles. The topological polar surface area (TPSA) is 26.0 Å². The highest BCUT2D eigenvalue weighted by molar-refractivity contribution is 7.99. The van der Waals surface area contributed by atoms with Crippen molar-refractivity contribution in [2.24, 2.45) is 5.73 Å². The first-order valence-electron chi connectivity index (χ1n) is 3.16. The lowest BCUT2D eigenvalue weighted by Crippen LogP contribution is -2.28. The van der Waals surface area contributed by atoms with Crippen molar-refractivity contribution in [2.75, 3.05) is 5.75 Å². The van der Waals surface area contributed by atoms with E-state index in [2.05, 4.69) is 6.92 Å². The molecule has 0 amide bonds. The van der Waals surface area contributed by atoms with Gasteiger partial charge in [0.1, 0.15) is 0 Å². The standard InChI is InChI=1S/C6H13NS/c1-5-4-6(7)2-3-8-5/h5-6H,2-4,7H2,1H3/t5-,6+/m0/s1. The van der Waals surface area contributed by atoms with Gasteiger partial charge in [-0.25, -0.2) is 0 Å². The van der Waals surface area contributed by atoms with Gasteiger partial charge in [-0.3, -0.25) is 0 Å². The molecular weight excluding hydrogens is 118 g/mol. The predicted octanol–water partition coefficient (Wildman–Crippen LogP) is 1.23. The summed E-state index contributed by atoms with van der Waals surface area (Å²) in [4.78, 5) is 0. The molecule has 1 saturated heterocycles. The summed E-state index contributed by atoms with van der Waals surface area (Å²) in [5.41, 5.74) is 5.71. The zero-order chi connectivity index (χ0) is 5.98. The number of hydrogen-bond acceptors (Lipinski definition) is 2. The quantitative estimate of drug-likeness (QED) is 0.535. The highest BCUT2D eigenvalue weighted by Gasteiger charge is 2.14. The second kappa shape index (κ2) is 2.74. The normalized spacial score (nSPS) is 39.8. The van der Waals surface area contributed by atoms with E-state index >= 15 is 0 Å². The van der Waals surface area contributed by atoms with Crippen LogP contribution in [0.5, 0.6) is 0 Å². The van der Waals surface area contributed by atoms with Gasteiger partial charge in [-0.2, -0.15) is 11.8 Å². The monoisotopic (exact) mass is 131 g/mol. The smallest absolute Gasteiger partial charge is 0.00571 e. The fraction of sp³-hybridized carbons (Fsp3) is 1.00. The summed E-state index contributed by atoms with van der Waals surface area (Å²) >= 11 is 2.04. The molecule has 1 nitrogen and oxygen atoms in total. The van der Waals surface area contributed by atoms with Gasteiger partial charge in [-0.1, -0.05) is 6.92 Å². The molecule has 0 saturated carbocycles. The van der Waals surface area contributed by atoms with Crippen LogP contribution in [0.25, 0.3) is 0 Å². The third kappa shape index (κ3) is 1.67. The average Bonchev–Trinajstić information content (AvgIpc) is 1.64. The fourth-order valence-corrected chi connectivity index (χ4v) is 2.26. The van der Waals surface area contributed by atoms with Crippen molar-refractivity contribution in [1.82, 2.24) is 0 Å². The summed E-state index contributed by atoms with van der Waals surface area (Å²) in [6.07, 6.45) is 2.43. The molecule has 2 N–H and O–H groups in total. The predicted molar refractivity (Wildman–Crippen MR) is 39.1 cm³/mol. The van der Waals surface area contributed by atoms with Crippen LogP contribution in [0.1, 0.15) is 19.8 Å². The molecule has 0 unspecified atom stereocenters. The van der Waals surface area contributed by atoms with Crippen LogP contribution in [-0.2, 0) is 0 Å². The van der Waals surface area contributed by atoms with E-state index in [1.54, 1.807) is 0 Å². The third-order valence-electron chi connectivity index (χ3n) is 1.53. The van der Waals surface area contributed by atoms with Crippen molar-refractivity contribution < 1.29 is 0 Å². The van der Waals surface area contributed by atoms with Gasteiger partial charge in [0, 0.05) is 11.3 Å². The van der Waals surface area contributed by atoms with Crippen molar-refractivity contribution in [3.63, 3.8) is 0 Å². The summed E-state index contributed by atoms with van der Waals surface area (Å²) in [6, 6.07) is 0.492. The van der Waals surface area contributed by atoms with Gasteiger partial charge in [0.2, 0.25) is 0 Å². The molecule has 2 heteroatoms. The largest absolute Gasteiger partial charge is 0.328 e. The van der Waals surface area contributed by atoms with Gasteiger partial charge >= 0.3 is 0 Å². The van der Waals surface area contributed by atoms with Gasteiger partial charge in [0.05, 0.1) is 0 Å². The number of hydrogen-bond donors (Lipinski definition) is 1. The van der Waals surface area contributed by atoms with Crippen LogP contribution in [0.2, 0.25) is 0 Å². The summed E-state index contributed by atoms with van der Waals surface area (Å²) in [5.74, 6) is 1.27. The van der Waals surface area contributed by atoms with Crippen molar-refractivity contribution in [1.29, 1.82) is 0 Å². The number of rotatable bonds is 0. The first kappa shape index (κ1) is 6.43. The SMILES string of the molecule is C[C@H]1C[C@H](N)CCS1. The maximum atomic E-state index is 5.71. The molecule has 1 rings (SSSR count). The van der Waals surface area contributed by atoms with Gasteiger partial charge in [0.15, 0.2) is 0 Å². The molecule has 0 aromatic heterocycles. The Kier molecular flexibility index (Phi) is 2.20. The van der Waals surface area contributed by atoms with Crippen LogP contribution in [0.4, 0.5) is 0 Å².